The zero-order valence-electron chi connectivity index (χ0n) is 7.53. The number of carbonyl (C=O) groups excluding carboxylic acids is 1. The molecule has 0 aliphatic carbocycles. The zero-order valence-corrected chi connectivity index (χ0v) is 7.53. The normalized spacial score (nSPS) is 9.38. The molecule has 4 nitrogen and oxygen atoms in total. The summed E-state index contributed by atoms with van der Waals surface area (Å²) in [6.07, 6.45) is 0. The maximum absolute atomic E-state index is 10.7. The van der Waals surface area contributed by atoms with E-state index in [1.165, 1.54) is 14.0 Å². The number of benzene rings is 1. The fourth-order valence-corrected chi connectivity index (χ4v) is 0.928. The maximum Gasteiger partial charge on any atom is 0.308 e. The van der Waals surface area contributed by atoms with Gasteiger partial charge in [0.25, 0.3) is 0 Å². The Morgan fingerprint density at radius 2 is 2.08 bits per heavy atom. The molecular weight excluding hydrogens is 170 g/mol. The molecule has 2 N–H and O–H groups in total. The molecule has 0 saturated heterocycles. The first kappa shape index (κ1) is 9.38. The molecular formula is C9H11NO3. The van der Waals surface area contributed by atoms with Gasteiger partial charge < -0.3 is 15.2 Å². The fraction of sp³-hybridized carbons (Fsp3) is 0.222. The molecule has 0 heterocycles. The molecule has 0 spiro atoms. The number of ether oxygens (including phenoxy) is 2. The van der Waals surface area contributed by atoms with Crippen LogP contribution in [-0.4, -0.2) is 13.1 Å². The average Bonchev–Trinajstić information content (AvgIpc) is 2.03. The van der Waals surface area contributed by atoms with Crippen LogP contribution >= 0.6 is 0 Å². The number of hydrogen-bond acceptors (Lipinski definition) is 4. The first-order valence-corrected chi connectivity index (χ1v) is 3.75. The Morgan fingerprint density at radius 1 is 1.38 bits per heavy atom. The number of methoxy groups -OCH3 is 1. The molecule has 0 fully saturated rings. The van der Waals surface area contributed by atoms with Crippen LogP contribution in [0.2, 0.25) is 0 Å². The van der Waals surface area contributed by atoms with Gasteiger partial charge >= 0.3 is 5.97 Å². The van der Waals surface area contributed by atoms with Crippen LogP contribution in [0.1, 0.15) is 6.92 Å². The lowest BCUT2D eigenvalue weighted by Crippen LogP contribution is -2.03. The Balaban J connectivity index is 3.01. The molecule has 0 saturated carbocycles. The van der Waals surface area contributed by atoms with Crippen molar-refractivity contribution < 1.29 is 14.3 Å². The standard InChI is InChI=1S/C9H11NO3/c1-6(11)13-9-5-7(10)3-4-8(9)12-2/h3-5H,10H2,1-2H3. The number of nitrogen functional groups attached to an aromatic ring is 1. The second kappa shape index (κ2) is 3.80. The van der Waals surface area contributed by atoms with Crippen LogP contribution in [0.4, 0.5) is 5.69 Å². The summed E-state index contributed by atoms with van der Waals surface area (Å²) in [7, 11) is 1.50. The Morgan fingerprint density at radius 3 is 2.62 bits per heavy atom. The van der Waals surface area contributed by atoms with Crippen molar-refractivity contribution in [3.8, 4) is 11.5 Å². The SMILES string of the molecule is COc1ccc(N)cc1OC(C)=O. The smallest absolute Gasteiger partial charge is 0.308 e. The topological polar surface area (TPSA) is 61.6 Å². The van der Waals surface area contributed by atoms with Crippen molar-refractivity contribution in [2.75, 3.05) is 12.8 Å². The quantitative estimate of drug-likeness (QED) is 0.423. The van der Waals surface area contributed by atoms with Gasteiger partial charge in [0.2, 0.25) is 0 Å². The Hall–Kier alpha value is -1.71. The average molecular weight is 181 g/mol. The number of anilines is 1. The van der Waals surface area contributed by atoms with Crippen molar-refractivity contribution in [2.24, 2.45) is 0 Å². The van der Waals surface area contributed by atoms with Crippen LogP contribution in [0.5, 0.6) is 11.5 Å². The summed E-state index contributed by atoms with van der Waals surface area (Å²) in [4.78, 5) is 10.7. The van der Waals surface area contributed by atoms with Gasteiger partial charge in [0.1, 0.15) is 0 Å². The van der Waals surface area contributed by atoms with Crippen molar-refractivity contribution in [1.82, 2.24) is 0 Å². The summed E-state index contributed by atoms with van der Waals surface area (Å²) >= 11 is 0. The lowest BCUT2D eigenvalue weighted by atomic mass is 10.3. The summed E-state index contributed by atoms with van der Waals surface area (Å²) < 4.78 is 9.84. The summed E-state index contributed by atoms with van der Waals surface area (Å²) in [6.45, 7) is 1.32. The molecule has 0 aliphatic rings. The summed E-state index contributed by atoms with van der Waals surface area (Å²) in [5.74, 6) is 0.434. The molecule has 1 aromatic rings. The number of esters is 1. The van der Waals surface area contributed by atoms with Gasteiger partial charge in [0.05, 0.1) is 7.11 Å². The third-order valence-corrected chi connectivity index (χ3v) is 1.44. The van der Waals surface area contributed by atoms with Gasteiger partial charge in [-0.3, -0.25) is 4.79 Å². The third kappa shape index (κ3) is 2.37. The highest BCUT2D eigenvalue weighted by molar-refractivity contribution is 5.71. The Labute approximate surface area is 76.3 Å². The molecule has 0 radical (unpaired) electrons. The third-order valence-electron chi connectivity index (χ3n) is 1.44. The van der Waals surface area contributed by atoms with Crippen molar-refractivity contribution in [2.45, 2.75) is 6.92 Å². The van der Waals surface area contributed by atoms with E-state index in [2.05, 4.69) is 0 Å². The molecule has 70 valence electrons. The molecule has 0 atom stereocenters. The van der Waals surface area contributed by atoms with Gasteiger partial charge in [-0.05, 0) is 12.1 Å². The molecule has 1 rings (SSSR count). The number of hydrogen-bond donors (Lipinski definition) is 1. The lowest BCUT2D eigenvalue weighted by Gasteiger charge is -2.07. The van der Waals surface area contributed by atoms with E-state index in [9.17, 15) is 4.79 Å². The van der Waals surface area contributed by atoms with Gasteiger partial charge in [-0.1, -0.05) is 0 Å². The molecule has 0 aliphatic heterocycles. The zero-order chi connectivity index (χ0) is 9.84. The minimum Gasteiger partial charge on any atom is -0.493 e. The van der Waals surface area contributed by atoms with Gasteiger partial charge in [0, 0.05) is 18.7 Å². The van der Waals surface area contributed by atoms with E-state index in [1.54, 1.807) is 18.2 Å². The molecule has 0 bridgehead atoms. The Kier molecular flexibility index (Phi) is 2.74. The largest absolute Gasteiger partial charge is 0.493 e. The van der Waals surface area contributed by atoms with Gasteiger partial charge in [0.15, 0.2) is 11.5 Å². The van der Waals surface area contributed by atoms with E-state index in [0.717, 1.165) is 0 Å². The summed E-state index contributed by atoms with van der Waals surface area (Å²) in [5.41, 5.74) is 6.04. The molecule has 0 amide bonds. The van der Waals surface area contributed by atoms with Crippen molar-refractivity contribution in [3.63, 3.8) is 0 Å². The van der Waals surface area contributed by atoms with Crippen LogP contribution < -0.4 is 15.2 Å². The highest BCUT2D eigenvalue weighted by atomic mass is 16.6. The van der Waals surface area contributed by atoms with E-state index >= 15 is 0 Å². The second-order valence-electron chi connectivity index (χ2n) is 2.50. The van der Waals surface area contributed by atoms with E-state index in [0.29, 0.717) is 17.2 Å². The monoisotopic (exact) mass is 181 g/mol. The van der Waals surface area contributed by atoms with Crippen LogP contribution in [0, 0.1) is 0 Å². The highest BCUT2D eigenvalue weighted by Crippen LogP contribution is 2.28. The summed E-state index contributed by atoms with van der Waals surface area (Å²) in [6, 6.07) is 4.86. The number of carbonyl (C=O) groups is 1. The number of nitrogens with two attached hydrogens (primary N) is 1. The van der Waals surface area contributed by atoms with E-state index < -0.39 is 5.97 Å². The maximum atomic E-state index is 10.7. The molecule has 0 aromatic heterocycles. The fourth-order valence-electron chi connectivity index (χ4n) is 0.928. The Bertz CT molecular complexity index is 323. The minimum atomic E-state index is -0.399. The van der Waals surface area contributed by atoms with Crippen molar-refractivity contribution >= 4 is 11.7 Å². The first-order chi connectivity index (χ1) is 6.13. The van der Waals surface area contributed by atoms with Crippen LogP contribution in [-0.2, 0) is 4.79 Å². The van der Waals surface area contributed by atoms with Gasteiger partial charge in [-0.15, -0.1) is 0 Å². The summed E-state index contributed by atoms with van der Waals surface area (Å²) in [5, 5.41) is 0. The van der Waals surface area contributed by atoms with Crippen LogP contribution in [0.15, 0.2) is 18.2 Å². The molecule has 4 heteroatoms. The highest BCUT2D eigenvalue weighted by Gasteiger charge is 2.06. The minimum absolute atomic E-state index is 0.343. The predicted octanol–water partition coefficient (Wildman–Crippen LogP) is 1.20. The van der Waals surface area contributed by atoms with E-state index in [4.69, 9.17) is 15.2 Å². The second-order valence-corrected chi connectivity index (χ2v) is 2.50. The molecule has 13 heavy (non-hydrogen) atoms. The molecule has 1 aromatic carbocycles. The van der Waals surface area contributed by atoms with E-state index in [1.807, 2.05) is 0 Å². The van der Waals surface area contributed by atoms with E-state index in [-0.39, 0.29) is 0 Å². The van der Waals surface area contributed by atoms with Gasteiger partial charge in [-0.2, -0.15) is 0 Å². The first-order valence-electron chi connectivity index (χ1n) is 3.75. The van der Waals surface area contributed by atoms with Crippen LogP contribution in [0.3, 0.4) is 0 Å². The van der Waals surface area contributed by atoms with Crippen molar-refractivity contribution in [3.05, 3.63) is 18.2 Å². The van der Waals surface area contributed by atoms with Crippen LogP contribution in [0.25, 0.3) is 0 Å². The van der Waals surface area contributed by atoms with Crippen molar-refractivity contribution in [1.29, 1.82) is 0 Å². The molecule has 0 unspecified atom stereocenters. The number of rotatable bonds is 2. The lowest BCUT2D eigenvalue weighted by molar-refractivity contribution is -0.132. The predicted molar refractivity (Wildman–Crippen MR) is 48.7 cm³/mol. The van der Waals surface area contributed by atoms with Gasteiger partial charge in [-0.25, -0.2) is 0 Å².